The van der Waals surface area contributed by atoms with Gasteiger partial charge in [-0.3, -0.25) is 9.59 Å². The average Bonchev–Trinajstić information content (AvgIpc) is 3.19. The Bertz CT molecular complexity index is 1230. The quantitative estimate of drug-likeness (QED) is 0.507. The minimum atomic E-state index is -0.222. The lowest BCUT2D eigenvalue weighted by Crippen LogP contribution is -2.16. The number of nitrogens with one attached hydrogen (secondary N) is 1. The van der Waals surface area contributed by atoms with Gasteiger partial charge in [0.25, 0.3) is 11.5 Å². The lowest BCUT2D eigenvalue weighted by atomic mass is 10.2. The SMILES string of the molecule is CC(C)c1nn2c(=O)cc(COc3ccc(NC(=O)c4ccccc4)cc3)nc2s1. The molecule has 4 aromatic rings. The van der Waals surface area contributed by atoms with Crippen molar-refractivity contribution in [2.24, 2.45) is 0 Å². The molecule has 1 amide bonds. The van der Waals surface area contributed by atoms with Crippen LogP contribution in [0.2, 0.25) is 0 Å². The third-order valence-corrected chi connectivity index (χ3v) is 5.55. The third-order valence-electron chi connectivity index (χ3n) is 4.34. The Morgan fingerprint density at radius 1 is 1.13 bits per heavy atom. The van der Waals surface area contributed by atoms with Gasteiger partial charge in [0, 0.05) is 23.2 Å². The highest BCUT2D eigenvalue weighted by Crippen LogP contribution is 2.21. The number of hydrogen-bond donors (Lipinski definition) is 1. The van der Waals surface area contributed by atoms with Crippen LogP contribution in [0.15, 0.2) is 65.5 Å². The number of benzene rings is 2. The summed E-state index contributed by atoms with van der Waals surface area (Å²) in [5, 5.41) is 8.02. The summed E-state index contributed by atoms with van der Waals surface area (Å²) < 4.78 is 7.08. The minimum absolute atomic E-state index is 0.163. The van der Waals surface area contributed by atoms with Crippen molar-refractivity contribution in [2.75, 3.05) is 5.32 Å². The topological polar surface area (TPSA) is 85.6 Å². The molecule has 0 radical (unpaired) electrons. The molecule has 0 fully saturated rings. The van der Waals surface area contributed by atoms with E-state index in [0.717, 1.165) is 5.01 Å². The number of carbonyl (C=O) groups excluding carboxylic acids is 1. The number of nitrogens with zero attached hydrogens (tertiary/aromatic N) is 3. The van der Waals surface area contributed by atoms with Gasteiger partial charge in [0.05, 0.1) is 5.69 Å². The van der Waals surface area contributed by atoms with Gasteiger partial charge in [0.2, 0.25) is 4.96 Å². The zero-order valence-corrected chi connectivity index (χ0v) is 17.3. The number of fused-ring (bicyclic) bond motifs is 1. The Kier molecular flexibility index (Phi) is 5.58. The maximum atomic E-state index is 12.3. The second-order valence-electron chi connectivity index (χ2n) is 7.01. The van der Waals surface area contributed by atoms with E-state index in [2.05, 4.69) is 15.4 Å². The smallest absolute Gasteiger partial charge is 0.275 e. The van der Waals surface area contributed by atoms with Crippen LogP contribution in [0, 0.1) is 0 Å². The molecule has 7 nitrogen and oxygen atoms in total. The summed E-state index contributed by atoms with van der Waals surface area (Å²) in [6.07, 6.45) is 0. The predicted octanol–water partition coefficient (Wildman–Crippen LogP) is 4.11. The summed E-state index contributed by atoms with van der Waals surface area (Å²) >= 11 is 1.41. The average molecular weight is 420 g/mol. The number of anilines is 1. The number of hydrogen-bond acceptors (Lipinski definition) is 6. The molecular weight excluding hydrogens is 400 g/mol. The number of amides is 1. The highest BCUT2D eigenvalue weighted by atomic mass is 32.1. The summed E-state index contributed by atoms with van der Waals surface area (Å²) in [6, 6.07) is 17.5. The van der Waals surface area contributed by atoms with Gasteiger partial charge in [-0.2, -0.15) is 9.61 Å². The molecule has 2 heterocycles. The highest BCUT2D eigenvalue weighted by molar-refractivity contribution is 7.16. The Hall–Kier alpha value is -3.52. The first kappa shape index (κ1) is 19.8. The van der Waals surface area contributed by atoms with E-state index in [1.807, 2.05) is 32.0 Å². The number of aromatic nitrogens is 3. The van der Waals surface area contributed by atoms with Gasteiger partial charge in [-0.1, -0.05) is 43.4 Å². The fourth-order valence-corrected chi connectivity index (χ4v) is 3.69. The Morgan fingerprint density at radius 2 is 1.87 bits per heavy atom. The Morgan fingerprint density at radius 3 is 2.57 bits per heavy atom. The molecule has 2 aromatic heterocycles. The molecule has 30 heavy (non-hydrogen) atoms. The van der Waals surface area contributed by atoms with Crippen molar-refractivity contribution in [2.45, 2.75) is 26.4 Å². The molecule has 0 bridgehead atoms. The molecular formula is C22H20N4O3S. The molecule has 0 aliphatic rings. The van der Waals surface area contributed by atoms with Crippen LogP contribution >= 0.6 is 11.3 Å². The molecule has 1 N–H and O–H groups in total. The van der Waals surface area contributed by atoms with Crippen LogP contribution < -0.4 is 15.6 Å². The molecule has 0 aliphatic carbocycles. The second kappa shape index (κ2) is 8.46. The van der Waals surface area contributed by atoms with Crippen molar-refractivity contribution >= 4 is 27.9 Å². The van der Waals surface area contributed by atoms with Crippen LogP contribution in [0.4, 0.5) is 5.69 Å². The highest BCUT2D eigenvalue weighted by Gasteiger charge is 2.12. The maximum absolute atomic E-state index is 12.3. The van der Waals surface area contributed by atoms with Crippen LogP contribution in [0.5, 0.6) is 5.75 Å². The standard InChI is InChI=1S/C22H20N4O3S/c1-14(2)21-25-26-19(27)12-17(24-22(26)30-21)13-29-18-10-8-16(9-11-18)23-20(28)15-6-4-3-5-7-15/h3-12,14H,13H2,1-2H3,(H,23,28). The van der Waals surface area contributed by atoms with Crippen LogP contribution in [-0.2, 0) is 6.61 Å². The van der Waals surface area contributed by atoms with Gasteiger partial charge >= 0.3 is 0 Å². The van der Waals surface area contributed by atoms with Crippen molar-refractivity contribution in [3.05, 3.63) is 87.3 Å². The van der Waals surface area contributed by atoms with Crippen molar-refractivity contribution in [3.8, 4) is 5.75 Å². The fourth-order valence-electron chi connectivity index (χ4n) is 2.76. The van der Waals surface area contributed by atoms with E-state index in [1.165, 1.54) is 21.9 Å². The summed E-state index contributed by atoms with van der Waals surface area (Å²) in [5.41, 5.74) is 1.58. The predicted molar refractivity (Wildman–Crippen MR) is 116 cm³/mol. The molecule has 0 saturated carbocycles. The molecule has 0 aliphatic heterocycles. The fraction of sp³-hybridized carbons (Fsp3) is 0.182. The van der Waals surface area contributed by atoms with Gasteiger partial charge in [0.15, 0.2) is 0 Å². The molecule has 0 spiro atoms. The summed E-state index contributed by atoms with van der Waals surface area (Å²) in [5.74, 6) is 0.672. The van der Waals surface area contributed by atoms with Crippen LogP contribution in [0.3, 0.4) is 0 Å². The largest absolute Gasteiger partial charge is 0.487 e. The van der Waals surface area contributed by atoms with E-state index < -0.39 is 0 Å². The first-order valence-corrected chi connectivity index (χ1v) is 10.3. The van der Waals surface area contributed by atoms with Crippen molar-refractivity contribution < 1.29 is 9.53 Å². The first-order valence-electron chi connectivity index (χ1n) is 9.48. The lowest BCUT2D eigenvalue weighted by molar-refractivity contribution is 0.102. The lowest BCUT2D eigenvalue weighted by Gasteiger charge is -2.08. The molecule has 4 rings (SSSR count). The van der Waals surface area contributed by atoms with Crippen molar-refractivity contribution in [1.29, 1.82) is 0 Å². The van der Waals surface area contributed by atoms with E-state index in [4.69, 9.17) is 4.74 Å². The van der Waals surface area contributed by atoms with E-state index in [0.29, 0.717) is 27.7 Å². The summed E-state index contributed by atoms with van der Waals surface area (Å²) in [6.45, 7) is 4.22. The van der Waals surface area contributed by atoms with E-state index in [9.17, 15) is 9.59 Å². The molecule has 0 atom stereocenters. The van der Waals surface area contributed by atoms with Crippen molar-refractivity contribution in [1.82, 2.24) is 14.6 Å². The van der Waals surface area contributed by atoms with Gasteiger partial charge in [-0.25, -0.2) is 4.98 Å². The van der Waals surface area contributed by atoms with Crippen LogP contribution in [0.1, 0.15) is 40.8 Å². The van der Waals surface area contributed by atoms with Gasteiger partial charge < -0.3 is 10.1 Å². The van der Waals surface area contributed by atoms with E-state index in [1.54, 1.807) is 36.4 Å². The second-order valence-corrected chi connectivity index (χ2v) is 8.00. The van der Waals surface area contributed by atoms with Gasteiger partial charge in [-0.05, 0) is 36.4 Å². The minimum Gasteiger partial charge on any atom is -0.487 e. The number of carbonyl (C=O) groups is 1. The molecule has 152 valence electrons. The number of ether oxygens (including phenoxy) is 1. The maximum Gasteiger partial charge on any atom is 0.275 e. The van der Waals surface area contributed by atoms with E-state index >= 15 is 0 Å². The monoisotopic (exact) mass is 420 g/mol. The normalized spacial score (nSPS) is 11.0. The third kappa shape index (κ3) is 4.38. The summed E-state index contributed by atoms with van der Waals surface area (Å²) in [7, 11) is 0. The zero-order valence-electron chi connectivity index (χ0n) is 16.5. The molecule has 2 aromatic carbocycles. The zero-order chi connectivity index (χ0) is 21.1. The molecule has 0 unspecified atom stereocenters. The van der Waals surface area contributed by atoms with Gasteiger partial charge in [-0.15, -0.1) is 0 Å². The Labute approximate surface area is 177 Å². The van der Waals surface area contributed by atoms with Crippen molar-refractivity contribution in [3.63, 3.8) is 0 Å². The van der Waals surface area contributed by atoms with Crippen LogP contribution in [0.25, 0.3) is 4.96 Å². The van der Waals surface area contributed by atoms with Crippen LogP contribution in [-0.4, -0.2) is 20.5 Å². The van der Waals surface area contributed by atoms with Gasteiger partial charge in [0.1, 0.15) is 17.4 Å². The van der Waals surface area contributed by atoms with E-state index in [-0.39, 0.29) is 24.0 Å². The first-order chi connectivity index (χ1) is 14.5. The summed E-state index contributed by atoms with van der Waals surface area (Å²) in [4.78, 5) is 29.5. The molecule has 8 heteroatoms. The number of rotatable bonds is 6. The molecule has 0 saturated heterocycles. The Balaban J connectivity index is 1.41.